The number of anilines is 3. The molecule has 0 spiro atoms. The zero-order valence-corrected chi connectivity index (χ0v) is 17.8. The van der Waals surface area contributed by atoms with Crippen LogP contribution in [0.3, 0.4) is 0 Å². The summed E-state index contributed by atoms with van der Waals surface area (Å²) >= 11 is 1.31. The molecule has 0 bridgehead atoms. The number of aromatic nitrogens is 1. The van der Waals surface area contributed by atoms with Crippen molar-refractivity contribution in [1.29, 1.82) is 0 Å². The SMILES string of the molecule is CC(=O)N(c1ccccc1)c1nc(COC(=O)c2ccc(N3CCCC3=O)cc2)cs1. The van der Waals surface area contributed by atoms with Gasteiger partial charge in [0.05, 0.1) is 16.9 Å². The summed E-state index contributed by atoms with van der Waals surface area (Å²) in [4.78, 5) is 44.1. The molecule has 0 radical (unpaired) electrons. The van der Waals surface area contributed by atoms with Gasteiger partial charge in [0.2, 0.25) is 11.8 Å². The fraction of sp³-hybridized carbons (Fsp3) is 0.217. The number of amides is 2. The standard InChI is InChI=1S/C23H21N3O4S/c1-16(27)26(20-6-3-2-4-7-20)23-24-18(15-31-23)14-30-22(29)17-9-11-19(12-10-17)25-13-5-8-21(25)28/h2-4,6-7,9-12,15H,5,8,13-14H2,1H3. The lowest BCUT2D eigenvalue weighted by atomic mass is 10.2. The molecule has 0 aliphatic carbocycles. The van der Waals surface area contributed by atoms with Crippen molar-refractivity contribution in [3.8, 4) is 0 Å². The molecule has 1 fully saturated rings. The van der Waals surface area contributed by atoms with E-state index >= 15 is 0 Å². The summed E-state index contributed by atoms with van der Waals surface area (Å²) in [5.74, 6) is -0.522. The molecule has 0 saturated carbocycles. The van der Waals surface area contributed by atoms with Crippen LogP contribution in [0.5, 0.6) is 0 Å². The van der Waals surface area contributed by atoms with Crippen LogP contribution in [0, 0.1) is 0 Å². The minimum Gasteiger partial charge on any atom is -0.456 e. The van der Waals surface area contributed by atoms with E-state index in [9.17, 15) is 14.4 Å². The Morgan fingerprint density at radius 3 is 2.52 bits per heavy atom. The van der Waals surface area contributed by atoms with Crippen LogP contribution in [0.4, 0.5) is 16.5 Å². The molecule has 7 nitrogen and oxygen atoms in total. The van der Waals surface area contributed by atoms with E-state index in [1.807, 2.05) is 30.3 Å². The number of esters is 1. The average Bonchev–Trinajstić information content (AvgIpc) is 3.42. The van der Waals surface area contributed by atoms with Crippen molar-refractivity contribution in [2.45, 2.75) is 26.4 Å². The minimum atomic E-state index is -0.472. The van der Waals surface area contributed by atoms with Gasteiger partial charge < -0.3 is 9.64 Å². The number of carbonyl (C=O) groups excluding carboxylic acids is 3. The Morgan fingerprint density at radius 1 is 1.13 bits per heavy atom. The molecule has 158 valence electrons. The van der Waals surface area contributed by atoms with Crippen LogP contribution in [0.2, 0.25) is 0 Å². The molecule has 1 aliphatic rings. The Labute approximate surface area is 183 Å². The summed E-state index contributed by atoms with van der Waals surface area (Å²) in [5, 5.41) is 2.29. The van der Waals surface area contributed by atoms with Gasteiger partial charge in [0, 0.05) is 31.0 Å². The summed E-state index contributed by atoms with van der Waals surface area (Å²) in [6, 6.07) is 16.1. The predicted molar refractivity (Wildman–Crippen MR) is 119 cm³/mol. The summed E-state index contributed by atoms with van der Waals surface area (Å²) in [6.45, 7) is 2.19. The summed E-state index contributed by atoms with van der Waals surface area (Å²) in [7, 11) is 0. The molecule has 8 heteroatoms. The third-order valence-electron chi connectivity index (χ3n) is 4.90. The fourth-order valence-corrected chi connectivity index (χ4v) is 4.26. The normalized spacial score (nSPS) is 13.3. The van der Waals surface area contributed by atoms with Crippen LogP contribution >= 0.6 is 11.3 Å². The average molecular weight is 436 g/mol. The molecule has 4 rings (SSSR count). The van der Waals surface area contributed by atoms with E-state index in [4.69, 9.17) is 4.74 Å². The molecule has 3 aromatic rings. The molecular weight excluding hydrogens is 414 g/mol. The molecule has 1 aliphatic heterocycles. The number of para-hydroxylation sites is 1. The first-order valence-electron chi connectivity index (χ1n) is 9.90. The van der Waals surface area contributed by atoms with Gasteiger partial charge in [0.1, 0.15) is 6.61 Å². The van der Waals surface area contributed by atoms with E-state index in [1.165, 1.54) is 23.2 Å². The van der Waals surface area contributed by atoms with Gasteiger partial charge >= 0.3 is 5.97 Å². The van der Waals surface area contributed by atoms with Crippen molar-refractivity contribution >= 4 is 45.6 Å². The van der Waals surface area contributed by atoms with Gasteiger partial charge in [-0.25, -0.2) is 9.78 Å². The molecule has 1 saturated heterocycles. The minimum absolute atomic E-state index is 0.00221. The van der Waals surface area contributed by atoms with Crippen molar-refractivity contribution < 1.29 is 19.1 Å². The van der Waals surface area contributed by atoms with E-state index in [2.05, 4.69) is 4.98 Å². The Kier molecular flexibility index (Phi) is 6.08. The Hall–Kier alpha value is -3.52. The molecule has 1 aromatic heterocycles. The number of hydrogen-bond donors (Lipinski definition) is 0. The third-order valence-corrected chi connectivity index (χ3v) is 5.77. The first kappa shape index (κ1) is 20.7. The zero-order chi connectivity index (χ0) is 21.8. The topological polar surface area (TPSA) is 79.8 Å². The highest BCUT2D eigenvalue weighted by atomic mass is 32.1. The Bertz CT molecular complexity index is 1100. The molecule has 2 heterocycles. The molecule has 2 amide bonds. The largest absolute Gasteiger partial charge is 0.456 e. The van der Waals surface area contributed by atoms with Crippen LogP contribution < -0.4 is 9.80 Å². The number of ether oxygens (including phenoxy) is 1. The number of hydrogen-bond acceptors (Lipinski definition) is 6. The first-order chi connectivity index (χ1) is 15.0. The van der Waals surface area contributed by atoms with Crippen molar-refractivity contribution in [2.24, 2.45) is 0 Å². The van der Waals surface area contributed by atoms with Gasteiger partial charge in [-0.2, -0.15) is 0 Å². The van der Waals surface area contributed by atoms with Gasteiger partial charge in [-0.1, -0.05) is 18.2 Å². The smallest absolute Gasteiger partial charge is 0.338 e. The van der Waals surface area contributed by atoms with E-state index in [-0.39, 0.29) is 18.4 Å². The zero-order valence-electron chi connectivity index (χ0n) is 17.0. The van der Waals surface area contributed by atoms with Gasteiger partial charge in [-0.3, -0.25) is 14.5 Å². The first-order valence-corrected chi connectivity index (χ1v) is 10.8. The maximum absolute atomic E-state index is 12.4. The van der Waals surface area contributed by atoms with Crippen LogP contribution in [-0.2, 0) is 20.9 Å². The lowest BCUT2D eigenvalue weighted by Crippen LogP contribution is -2.23. The van der Waals surface area contributed by atoms with Crippen molar-refractivity contribution in [2.75, 3.05) is 16.3 Å². The monoisotopic (exact) mass is 435 g/mol. The summed E-state index contributed by atoms with van der Waals surface area (Å²) < 4.78 is 5.38. The summed E-state index contributed by atoms with van der Waals surface area (Å²) in [6.07, 6.45) is 1.41. The molecular formula is C23H21N3O4S. The maximum Gasteiger partial charge on any atom is 0.338 e. The van der Waals surface area contributed by atoms with Crippen LogP contribution in [-0.4, -0.2) is 29.3 Å². The lowest BCUT2D eigenvalue weighted by molar-refractivity contribution is -0.117. The predicted octanol–water partition coefficient (Wildman–Crippen LogP) is 4.31. The second kappa shape index (κ2) is 9.09. The summed E-state index contributed by atoms with van der Waals surface area (Å²) in [5.41, 5.74) is 2.48. The van der Waals surface area contributed by atoms with Gasteiger partial charge in [-0.05, 0) is 42.8 Å². The lowest BCUT2D eigenvalue weighted by Gasteiger charge is -2.17. The fourth-order valence-electron chi connectivity index (χ4n) is 3.39. The second-order valence-electron chi connectivity index (χ2n) is 7.08. The quantitative estimate of drug-likeness (QED) is 0.539. The number of rotatable bonds is 6. The Morgan fingerprint density at radius 2 is 1.87 bits per heavy atom. The van der Waals surface area contributed by atoms with Crippen LogP contribution in [0.1, 0.15) is 35.8 Å². The van der Waals surface area contributed by atoms with E-state index < -0.39 is 5.97 Å². The van der Waals surface area contributed by atoms with E-state index in [0.29, 0.717) is 29.4 Å². The highest BCUT2D eigenvalue weighted by Crippen LogP contribution is 2.29. The van der Waals surface area contributed by atoms with Crippen molar-refractivity contribution in [3.05, 3.63) is 71.2 Å². The molecule has 0 N–H and O–H groups in total. The number of benzene rings is 2. The van der Waals surface area contributed by atoms with Gasteiger partial charge in [-0.15, -0.1) is 11.3 Å². The van der Waals surface area contributed by atoms with Crippen molar-refractivity contribution in [1.82, 2.24) is 4.98 Å². The van der Waals surface area contributed by atoms with Crippen molar-refractivity contribution in [3.63, 3.8) is 0 Å². The molecule has 0 atom stereocenters. The highest BCUT2D eigenvalue weighted by Gasteiger charge is 2.22. The van der Waals surface area contributed by atoms with E-state index in [1.54, 1.807) is 34.5 Å². The maximum atomic E-state index is 12.4. The highest BCUT2D eigenvalue weighted by molar-refractivity contribution is 7.14. The molecule has 0 unspecified atom stereocenters. The van der Waals surface area contributed by atoms with Crippen LogP contribution in [0.25, 0.3) is 0 Å². The second-order valence-corrected chi connectivity index (χ2v) is 7.92. The number of thiazole rings is 1. The number of carbonyl (C=O) groups is 3. The number of nitrogens with zero attached hydrogens (tertiary/aromatic N) is 3. The van der Waals surface area contributed by atoms with Gasteiger partial charge in [0.15, 0.2) is 5.13 Å². The Balaban J connectivity index is 1.39. The molecule has 31 heavy (non-hydrogen) atoms. The third kappa shape index (κ3) is 4.64. The van der Waals surface area contributed by atoms with Crippen LogP contribution in [0.15, 0.2) is 60.0 Å². The van der Waals surface area contributed by atoms with E-state index in [0.717, 1.165) is 17.8 Å². The molecule has 2 aromatic carbocycles. The van der Waals surface area contributed by atoms with Gasteiger partial charge in [0.25, 0.3) is 0 Å².